The van der Waals surface area contributed by atoms with E-state index in [0.717, 1.165) is 57.2 Å². The minimum Gasteiger partial charge on any atom is -0.381 e. The SMILES string of the molecule is Cc1c(C(=O)NC2(c3noc(C4CCOC4)n3)CCCCCC2)cnn1C. The zero-order valence-electron chi connectivity index (χ0n) is 16.0. The van der Waals surface area contributed by atoms with Gasteiger partial charge in [-0.15, -0.1) is 0 Å². The van der Waals surface area contributed by atoms with Gasteiger partial charge in [-0.1, -0.05) is 30.8 Å². The van der Waals surface area contributed by atoms with E-state index in [1.165, 1.54) is 0 Å². The second kappa shape index (κ2) is 7.42. The number of aromatic nitrogens is 4. The van der Waals surface area contributed by atoms with E-state index in [1.807, 2.05) is 14.0 Å². The predicted octanol–water partition coefficient (Wildman–Crippen LogP) is 2.59. The highest BCUT2D eigenvalue weighted by molar-refractivity contribution is 5.95. The van der Waals surface area contributed by atoms with Crippen molar-refractivity contribution < 1.29 is 14.1 Å². The van der Waals surface area contributed by atoms with Gasteiger partial charge in [-0.05, 0) is 26.2 Å². The monoisotopic (exact) mass is 373 g/mol. The molecule has 1 aliphatic carbocycles. The van der Waals surface area contributed by atoms with Crippen molar-refractivity contribution in [3.63, 3.8) is 0 Å². The zero-order chi connectivity index (χ0) is 18.9. The summed E-state index contributed by atoms with van der Waals surface area (Å²) in [6, 6.07) is 0. The molecule has 0 aromatic carbocycles. The van der Waals surface area contributed by atoms with Crippen molar-refractivity contribution in [2.24, 2.45) is 7.05 Å². The van der Waals surface area contributed by atoms with Crippen LogP contribution in [0.3, 0.4) is 0 Å². The summed E-state index contributed by atoms with van der Waals surface area (Å²) in [6.45, 7) is 3.24. The van der Waals surface area contributed by atoms with Gasteiger partial charge in [-0.3, -0.25) is 9.48 Å². The lowest BCUT2D eigenvalue weighted by atomic mass is 9.88. The van der Waals surface area contributed by atoms with Crippen LogP contribution in [0.4, 0.5) is 0 Å². The van der Waals surface area contributed by atoms with Crippen LogP contribution in [-0.2, 0) is 17.3 Å². The molecule has 146 valence electrons. The van der Waals surface area contributed by atoms with Gasteiger partial charge in [0.2, 0.25) is 5.89 Å². The molecule has 0 bridgehead atoms. The Morgan fingerprint density at radius 3 is 2.70 bits per heavy atom. The summed E-state index contributed by atoms with van der Waals surface area (Å²) in [6.07, 6.45) is 8.53. The molecule has 1 atom stereocenters. The molecule has 1 N–H and O–H groups in total. The van der Waals surface area contributed by atoms with Gasteiger partial charge >= 0.3 is 0 Å². The number of carbonyl (C=O) groups is 1. The number of hydrogen-bond acceptors (Lipinski definition) is 6. The van der Waals surface area contributed by atoms with Crippen LogP contribution in [0.25, 0.3) is 0 Å². The Hall–Kier alpha value is -2.22. The van der Waals surface area contributed by atoms with Crippen LogP contribution < -0.4 is 5.32 Å². The van der Waals surface area contributed by atoms with Gasteiger partial charge < -0.3 is 14.6 Å². The Kier molecular flexibility index (Phi) is 4.99. The average Bonchev–Trinajstić information content (AvgIpc) is 3.37. The van der Waals surface area contributed by atoms with Gasteiger partial charge in [0.05, 0.1) is 24.3 Å². The standard InChI is InChI=1S/C19H27N5O3/c1-13-15(11-20-24(13)2)16(25)22-19(8-5-3-4-6-9-19)18-21-17(27-23-18)14-7-10-26-12-14/h11,14H,3-10,12H2,1-2H3,(H,22,25). The maximum atomic E-state index is 13.0. The van der Waals surface area contributed by atoms with E-state index in [-0.39, 0.29) is 11.8 Å². The van der Waals surface area contributed by atoms with E-state index in [9.17, 15) is 4.79 Å². The number of nitrogens with zero attached hydrogens (tertiary/aromatic N) is 4. The largest absolute Gasteiger partial charge is 0.381 e. The highest BCUT2D eigenvalue weighted by Crippen LogP contribution is 2.36. The van der Waals surface area contributed by atoms with Crippen LogP contribution in [0.15, 0.2) is 10.7 Å². The van der Waals surface area contributed by atoms with Crippen LogP contribution in [0.2, 0.25) is 0 Å². The zero-order valence-corrected chi connectivity index (χ0v) is 16.0. The molecule has 0 spiro atoms. The third kappa shape index (κ3) is 3.50. The van der Waals surface area contributed by atoms with Crippen LogP contribution >= 0.6 is 0 Å². The van der Waals surface area contributed by atoms with Gasteiger partial charge in [-0.25, -0.2) is 0 Å². The number of hydrogen-bond donors (Lipinski definition) is 1. The molecule has 3 heterocycles. The van der Waals surface area contributed by atoms with Crippen molar-refractivity contribution in [3.05, 3.63) is 29.2 Å². The Labute approximate surface area is 158 Å². The first kappa shape index (κ1) is 18.2. The Morgan fingerprint density at radius 2 is 2.07 bits per heavy atom. The first-order chi connectivity index (χ1) is 13.1. The van der Waals surface area contributed by atoms with Gasteiger partial charge in [-0.2, -0.15) is 10.1 Å². The van der Waals surface area contributed by atoms with Crippen molar-refractivity contribution in [1.29, 1.82) is 0 Å². The molecule has 1 amide bonds. The molecular formula is C19H27N5O3. The second-order valence-corrected chi connectivity index (χ2v) is 7.73. The van der Waals surface area contributed by atoms with Gasteiger partial charge in [0.1, 0.15) is 5.54 Å². The molecule has 1 saturated heterocycles. The fourth-order valence-electron chi connectivity index (χ4n) is 4.07. The molecular weight excluding hydrogens is 346 g/mol. The quantitative estimate of drug-likeness (QED) is 0.828. The lowest BCUT2D eigenvalue weighted by Crippen LogP contribution is -2.46. The number of carbonyl (C=O) groups excluding carboxylic acids is 1. The van der Waals surface area contributed by atoms with Gasteiger partial charge in [0, 0.05) is 19.3 Å². The third-order valence-corrected chi connectivity index (χ3v) is 5.94. The van der Waals surface area contributed by atoms with E-state index < -0.39 is 5.54 Å². The number of amides is 1. The Bertz CT molecular complexity index is 798. The Balaban J connectivity index is 1.63. The first-order valence-corrected chi connectivity index (χ1v) is 9.82. The summed E-state index contributed by atoms with van der Waals surface area (Å²) in [5.41, 5.74) is 0.846. The lowest BCUT2D eigenvalue weighted by Gasteiger charge is -2.30. The molecule has 4 rings (SSSR count). The minimum absolute atomic E-state index is 0.127. The van der Waals surface area contributed by atoms with E-state index in [4.69, 9.17) is 14.2 Å². The van der Waals surface area contributed by atoms with Crippen molar-refractivity contribution in [2.75, 3.05) is 13.2 Å². The smallest absolute Gasteiger partial charge is 0.255 e. The molecule has 1 saturated carbocycles. The molecule has 2 aromatic heterocycles. The maximum Gasteiger partial charge on any atom is 0.255 e. The predicted molar refractivity (Wildman–Crippen MR) is 97.3 cm³/mol. The molecule has 0 radical (unpaired) electrons. The van der Waals surface area contributed by atoms with Crippen molar-refractivity contribution in [2.45, 2.75) is 63.3 Å². The van der Waals surface area contributed by atoms with Crippen molar-refractivity contribution >= 4 is 5.91 Å². The van der Waals surface area contributed by atoms with E-state index >= 15 is 0 Å². The summed E-state index contributed by atoms with van der Waals surface area (Å²) in [7, 11) is 1.84. The van der Waals surface area contributed by atoms with E-state index in [2.05, 4.69) is 15.6 Å². The molecule has 2 aliphatic rings. The number of ether oxygens (including phenoxy) is 1. The third-order valence-electron chi connectivity index (χ3n) is 5.94. The van der Waals surface area contributed by atoms with Crippen molar-refractivity contribution in [1.82, 2.24) is 25.2 Å². The van der Waals surface area contributed by atoms with Crippen LogP contribution in [0.1, 0.15) is 78.6 Å². The topological polar surface area (TPSA) is 95.1 Å². The van der Waals surface area contributed by atoms with Crippen molar-refractivity contribution in [3.8, 4) is 0 Å². The fourth-order valence-corrected chi connectivity index (χ4v) is 4.07. The van der Waals surface area contributed by atoms with Crippen LogP contribution in [0.5, 0.6) is 0 Å². The molecule has 8 nitrogen and oxygen atoms in total. The average molecular weight is 373 g/mol. The molecule has 1 aliphatic heterocycles. The number of nitrogens with one attached hydrogen (secondary N) is 1. The summed E-state index contributed by atoms with van der Waals surface area (Å²) in [4.78, 5) is 17.7. The molecule has 2 fully saturated rings. The summed E-state index contributed by atoms with van der Waals surface area (Å²) in [5.74, 6) is 1.25. The summed E-state index contributed by atoms with van der Waals surface area (Å²) in [5, 5.41) is 11.7. The van der Waals surface area contributed by atoms with E-state index in [1.54, 1.807) is 10.9 Å². The maximum absolute atomic E-state index is 13.0. The molecule has 8 heteroatoms. The lowest BCUT2D eigenvalue weighted by molar-refractivity contribution is 0.0876. The molecule has 1 unspecified atom stereocenters. The molecule has 2 aromatic rings. The second-order valence-electron chi connectivity index (χ2n) is 7.73. The Morgan fingerprint density at radius 1 is 1.30 bits per heavy atom. The van der Waals surface area contributed by atoms with Crippen LogP contribution in [-0.4, -0.2) is 39.0 Å². The summed E-state index contributed by atoms with van der Waals surface area (Å²) < 4.78 is 12.7. The minimum atomic E-state index is -0.586. The van der Waals surface area contributed by atoms with Crippen LogP contribution in [0, 0.1) is 6.92 Å². The number of aryl methyl sites for hydroxylation is 1. The highest BCUT2D eigenvalue weighted by Gasteiger charge is 2.40. The number of rotatable bonds is 4. The van der Waals surface area contributed by atoms with Gasteiger partial charge in [0.25, 0.3) is 5.91 Å². The first-order valence-electron chi connectivity index (χ1n) is 9.82. The summed E-state index contributed by atoms with van der Waals surface area (Å²) >= 11 is 0. The normalized spacial score (nSPS) is 22.5. The van der Waals surface area contributed by atoms with E-state index in [0.29, 0.717) is 23.9 Å². The van der Waals surface area contributed by atoms with Gasteiger partial charge in [0.15, 0.2) is 5.82 Å². The molecule has 27 heavy (non-hydrogen) atoms. The fraction of sp³-hybridized carbons (Fsp3) is 0.684. The highest BCUT2D eigenvalue weighted by atomic mass is 16.5.